The zero-order valence-corrected chi connectivity index (χ0v) is 22.1. The fraction of sp³-hybridized carbons (Fsp3) is 0.222. The Hall–Kier alpha value is -4.04. The molecule has 0 saturated carbocycles. The second-order valence-electron chi connectivity index (χ2n) is 10.6. The Kier molecular flexibility index (Phi) is 6.41. The minimum absolute atomic E-state index is 0.0221. The molecule has 2 nitrogen and oxygen atoms in total. The minimum Gasteiger partial charge on any atom is -0.289 e. The average molecular weight is 497 g/mol. The lowest BCUT2D eigenvalue weighted by Gasteiger charge is -2.22. The number of carbonyl (C=O) groups excluding carboxylic acids is 2. The SMILES string of the molecule is CCC(C)c1cccc2c1C(=O)c1ccccc1C2=O.c1ccc2c(c1)ccc1c3c(ccc12)CCCC3. The first kappa shape index (κ1) is 24.3. The summed E-state index contributed by atoms with van der Waals surface area (Å²) in [7, 11) is 0. The van der Waals surface area contributed by atoms with Gasteiger partial charge < -0.3 is 0 Å². The Balaban J connectivity index is 0.000000140. The third-order valence-electron chi connectivity index (χ3n) is 8.39. The van der Waals surface area contributed by atoms with Gasteiger partial charge in [0.25, 0.3) is 0 Å². The van der Waals surface area contributed by atoms with Crippen molar-refractivity contribution >= 4 is 33.1 Å². The van der Waals surface area contributed by atoms with Crippen molar-refractivity contribution in [3.63, 3.8) is 0 Å². The lowest BCUT2D eigenvalue weighted by molar-refractivity contribution is 0.0978. The summed E-state index contributed by atoms with van der Waals surface area (Å²) >= 11 is 0. The molecule has 0 radical (unpaired) electrons. The molecule has 0 bridgehead atoms. The number of aryl methyl sites for hydroxylation is 2. The molecule has 2 aliphatic rings. The summed E-state index contributed by atoms with van der Waals surface area (Å²) in [5.74, 6) is 0.207. The minimum atomic E-state index is -0.0413. The highest BCUT2D eigenvalue weighted by Crippen LogP contribution is 2.34. The van der Waals surface area contributed by atoms with Gasteiger partial charge in [0.2, 0.25) is 0 Å². The summed E-state index contributed by atoms with van der Waals surface area (Å²) in [5, 5.41) is 5.64. The molecule has 38 heavy (non-hydrogen) atoms. The van der Waals surface area contributed by atoms with E-state index in [-0.39, 0.29) is 17.5 Å². The maximum Gasteiger partial charge on any atom is 0.194 e. The monoisotopic (exact) mass is 496 g/mol. The first-order valence-electron chi connectivity index (χ1n) is 13.8. The van der Waals surface area contributed by atoms with E-state index in [1.54, 1.807) is 41.5 Å². The van der Waals surface area contributed by atoms with Gasteiger partial charge in [0.15, 0.2) is 11.6 Å². The van der Waals surface area contributed by atoms with Gasteiger partial charge in [0, 0.05) is 22.3 Å². The van der Waals surface area contributed by atoms with E-state index in [2.05, 4.69) is 62.4 Å². The molecule has 0 fully saturated rings. The standard InChI is InChI=1S/C18H16O2.C18H16/c1-3-11(2)12-9-6-10-15-16(12)18(20)14-8-5-4-7-13(14)17(15)19;1-3-7-15-13(5-1)9-11-18-16-8-4-2-6-14(16)10-12-17(15)18/h4-11H,3H2,1-2H3;1,3,5,7,9-12H,2,4,6,8H2. The van der Waals surface area contributed by atoms with Gasteiger partial charge in [-0.3, -0.25) is 9.59 Å². The number of fused-ring (bicyclic) bond motifs is 7. The zero-order chi connectivity index (χ0) is 26.2. The largest absolute Gasteiger partial charge is 0.289 e. The number of carbonyl (C=O) groups is 2. The summed E-state index contributed by atoms with van der Waals surface area (Å²) in [4.78, 5) is 25.3. The molecule has 0 N–H and O–H groups in total. The van der Waals surface area contributed by atoms with E-state index in [4.69, 9.17) is 0 Å². The van der Waals surface area contributed by atoms with Crippen molar-refractivity contribution in [2.75, 3.05) is 0 Å². The van der Waals surface area contributed by atoms with Crippen LogP contribution in [0.3, 0.4) is 0 Å². The molecule has 0 heterocycles. The van der Waals surface area contributed by atoms with E-state index in [0.717, 1.165) is 12.0 Å². The summed E-state index contributed by atoms with van der Waals surface area (Å²) in [6.07, 6.45) is 6.16. The molecule has 7 rings (SSSR count). The molecule has 1 atom stereocenters. The fourth-order valence-corrected chi connectivity index (χ4v) is 6.14. The average Bonchev–Trinajstić information content (AvgIpc) is 2.99. The van der Waals surface area contributed by atoms with Crippen molar-refractivity contribution < 1.29 is 9.59 Å². The quantitative estimate of drug-likeness (QED) is 0.224. The molecule has 2 aliphatic carbocycles. The van der Waals surface area contributed by atoms with Crippen molar-refractivity contribution in [1.82, 2.24) is 0 Å². The molecule has 0 aromatic heterocycles. The van der Waals surface area contributed by atoms with Crippen LogP contribution in [0.4, 0.5) is 0 Å². The third kappa shape index (κ3) is 4.05. The number of rotatable bonds is 2. The van der Waals surface area contributed by atoms with Crippen molar-refractivity contribution in [2.45, 2.75) is 51.9 Å². The molecule has 0 amide bonds. The maximum atomic E-state index is 12.7. The highest BCUT2D eigenvalue weighted by atomic mass is 16.1. The van der Waals surface area contributed by atoms with Crippen LogP contribution in [0.15, 0.2) is 91.0 Å². The molecule has 188 valence electrons. The lowest BCUT2D eigenvalue weighted by atomic mass is 9.79. The van der Waals surface area contributed by atoms with Gasteiger partial charge in [-0.25, -0.2) is 0 Å². The topological polar surface area (TPSA) is 34.1 Å². The van der Waals surface area contributed by atoms with Gasteiger partial charge in [0.1, 0.15) is 0 Å². The van der Waals surface area contributed by atoms with E-state index in [1.165, 1.54) is 47.2 Å². The Bertz CT molecular complexity index is 1710. The predicted octanol–water partition coefficient (Wildman–Crippen LogP) is 8.85. The highest BCUT2D eigenvalue weighted by Gasteiger charge is 2.31. The van der Waals surface area contributed by atoms with E-state index in [0.29, 0.717) is 22.3 Å². The summed E-state index contributed by atoms with van der Waals surface area (Å²) < 4.78 is 0. The van der Waals surface area contributed by atoms with E-state index in [1.807, 2.05) is 12.1 Å². The molecular weight excluding hydrogens is 464 g/mol. The highest BCUT2D eigenvalue weighted by molar-refractivity contribution is 6.28. The van der Waals surface area contributed by atoms with Gasteiger partial charge in [-0.05, 0) is 76.3 Å². The molecule has 5 aromatic carbocycles. The molecule has 2 heteroatoms. The van der Waals surface area contributed by atoms with Crippen LogP contribution in [0.1, 0.15) is 87.6 Å². The van der Waals surface area contributed by atoms with Crippen LogP contribution in [-0.4, -0.2) is 11.6 Å². The van der Waals surface area contributed by atoms with Gasteiger partial charge in [-0.15, -0.1) is 0 Å². The Morgan fingerprint density at radius 1 is 0.632 bits per heavy atom. The Morgan fingerprint density at radius 2 is 1.32 bits per heavy atom. The van der Waals surface area contributed by atoms with Crippen LogP contribution in [-0.2, 0) is 12.8 Å². The number of ketones is 2. The second kappa shape index (κ2) is 10.0. The van der Waals surface area contributed by atoms with E-state index in [9.17, 15) is 9.59 Å². The van der Waals surface area contributed by atoms with Crippen LogP contribution in [0, 0.1) is 0 Å². The van der Waals surface area contributed by atoms with Crippen molar-refractivity contribution in [1.29, 1.82) is 0 Å². The first-order valence-corrected chi connectivity index (χ1v) is 13.8. The van der Waals surface area contributed by atoms with Crippen LogP contribution < -0.4 is 0 Å². The summed E-state index contributed by atoms with van der Waals surface area (Å²) in [6.45, 7) is 4.18. The van der Waals surface area contributed by atoms with Crippen molar-refractivity contribution in [2.24, 2.45) is 0 Å². The summed E-state index contributed by atoms with van der Waals surface area (Å²) in [6, 6.07) is 30.6. The van der Waals surface area contributed by atoms with Gasteiger partial charge in [0.05, 0.1) is 0 Å². The van der Waals surface area contributed by atoms with Crippen LogP contribution in [0.2, 0.25) is 0 Å². The molecule has 1 unspecified atom stereocenters. The normalized spacial score (nSPS) is 14.8. The molecular formula is C36H32O2. The van der Waals surface area contributed by atoms with Gasteiger partial charge in [-0.2, -0.15) is 0 Å². The van der Waals surface area contributed by atoms with Gasteiger partial charge >= 0.3 is 0 Å². The number of hydrogen-bond acceptors (Lipinski definition) is 2. The van der Waals surface area contributed by atoms with Crippen molar-refractivity contribution in [3.05, 3.63) is 130 Å². The second-order valence-corrected chi connectivity index (χ2v) is 10.6. The molecule has 0 aliphatic heterocycles. The fourth-order valence-electron chi connectivity index (χ4n) is 6.14. The van der Waals surface area contributed by atoms with Crippen LogP contribution >= 0.6 is 0 Å². The number of hydrogen-bond donors (Lipinski definition) is 0. The zero-order valence-electron chi connectivity index (χ0n) is 22.1. The number of benzene rings is 5. The van der Waals surface area contributed by atoms with E-state index < -0.39 is 0 Å². The Labute approximate surface area is 224 Å². The summed E-state index contributed by atoms with van der Waals surface area (Å²) in [5.41, 5.74) is 6.36. The van der Waals surface area contributed by atoms with Crippen LogP contribution in [0.5, 0.6) is 0 Å². The first-order chi connectivity index (χ1) is 18.6. The van der Waals surface area contributed by atoms with Crippen molar-refractivity contribution in [3.8, 4) is 0 Å². The third-order valence-corrected chi connectivity index (χ3v) is 8.39. The lowest BCUT2D eigenvalue weighted by Crippen LogP contribution is -2.23. The van der Waals surface area contributed by atoms with E-state index >= 15 is 0 Å². The molecule has 0 spiro atoms. The van der Waals surface area contributed by atoms with Crippen LogP contribution in [0.25, 0.3) is 21.5 Å². The maximum absolute atomic E-state index is 12.7. The molecule has 5 aromatic rings. The smallest absolute Gasteiger partial charge is 0.194 e. The molecule has 0 saturated heterocycles. The Morgan fingerprint density at radius 3 is 2.13 bits per heavy atom. The predicted molar refractivity (Wildman–Crippen MR) is 157 cm³/mol. The van der Waals surface area contributed by atoms with Gasteiger partial charge in [-0.1, -0.05) is 105 Å².